The molecule has 2 unspecified atom stereocenters. The fourth-order valence-corrected chi connectivity index (χ4v) is 2.05. The van der Waals surface area contributed by atoms with Gasteiger partial charge in [-0.1, -0.05) is 52.7 Å². The minimum absolute atomic E-state index is 0.0628. The highest BCUT2D eigenvalue weighted by Crippen LogP contribution is 2.21. The lowest BCUT2D eigenvalue weighted by atomic mass is 9.93. The number of unbranched alkanes of at least 4 members (excludes halogenated alkanes) is 1. The Bertz CT molecular complexity index is 398. The molecule has 2 atom stereocenters. The maximum Gasteiger partial charge on any atom is 0.333 e. The molecular weight excluding hydrogens is 280 g/mol. The van der Waals surface area contributed by atoms with E-state index in [0.717, 1.165) is 25.7 Å². The summed E-state index contributed by atoms with van der Waals surface area (Å²) in [5.74, 6) is -0.453. The Morgan fingerprint density at radius 1 is 1.05 bits per heavy atom. The summed E-state index contributed by atoms with van der Waals surface area (Å²) in [5.41, 5.74) is 0.681. The molecule has 126 valence electrons. The van der Waals surface area contributed by atoms with E-state index in [0.29, 0.717) is 23.5 Å². The number of ether oxygens (including phenoxy) is 2. The molecule has 0 N–H and O–H groups in total. The van der Waals surface area contributed by atoms with E-state index in [9.17, 15) is 9.59 Å². The van der Waals surface area contributed by atoms with Crippen LogP contribution in [0.2, 0.25) is 0 Å². The molecule has 0 aliphatic heterocycles. The molecule has 0 aromatic heterocycles. The van der Waals surface area contributed by atoms with Gasteiger partial charge in [0.1, 0.15) is 12.7 Å². The van der Waals surface area contributed by atoms with E-state index in [1.807, 2.05) is 0 Å². The summed E-state index contributed by atoms with van der Waals surface area (Å²) in [7, 11) is 0. The van der Waals surface area contributed by atoms with Crippen molar-refractivity contribution in [2.75, 3.05) is 6.61 Å². The molecule has 0 saturated carbocycles. The quantitative estimate of drug-likeness (QED) is 0.424. The highest BCUT2D eigenvalue weighted by Gasteiger charge is 2.21. The molecule has 0 bridgehead atoms. The van der Waals surface area contributed by atoms with E-state index in [4.69, 9.17) is 9.47 Å². The number of carbonyl (C=O) groups is 2. The Balaban J connectivity index is 4.68. The standard InChI is InChI=1S/C18H30O4/c1-7-9-10-15(8-2)11-16(22-18(20)14(5)6)12-21-17(19)13(3)4/h15-16H,3,5,7-12H2,1-2,4,6H3. The second kappa shape index (κ2) is 11.0. The fraction of sp³-hybridized carbons (Fsp3) is 0.667. The van der Waals surface area contributed by atoms with Gasteiger partial charge in [-0.2, -0.15) is 0 Å². The maximum atomic E-state index is 11.7. The molecule has 4 nitrogen and oxygen atoms in total. The van der Waals surface area contributed by atoms with Gasteiger partial charge in [0.25, 0.3) is 0 Å². The van der Waals surface area contributed by atoms with E-state index >= 15 is 0 Å². The normalized spacial score (nSPS) is 13.1. The van der Waals surface area contributed by atoms with Crippen LogP contribution in [0.4, 0.5) is 0 Å². The zero-order valence-corrected chi connectivity index (χ0v) is 14.4. The van der Waals surface area contributed by atoms with Gasteiger partial charge in [0.15, 0.2) is 0 Å². The van der Waals surface area contributed by atoms with Crippen LogP contribution in [0.1, 0.15) is 59.8 Å². The van der Waals surface area contributed by atoms with Gasteiger partial charge in [-0.15, -0.1) is 0 Å². The van der Waals surface area contributed by atoms with Crippen LogP contribution in [-0.4, -0.2) is 24.6 Å². The second-order valence-electron chi connectivity index (χ2n) is 5.84. The van der Waals surface area contributed by atoms with E-state index in [1.54, 1.807) is 13.8 Å². The Kier molecular flexibility index (Phi) is 10.3. The molecule has 0 rings (SSSR count). The van der Waals surface area contributed by atoms with Crippen molar-refractivity contribution in [2.45, 2.75) is 65.9 Å². The minimum atomic E-state index is -0.460. The zero-order chi connectivity index (χ0) is 17.1. The second-order valence-corrected chi connectivity index (χ2v) is 5.84. The molecule has 0 aliphatic carbocycles. The number of hydrogen-bond acceptors (Lipinski definition) is 4. The van der Waals surface area contributed by atoms with Crippen LogP contribution in [0, 0.1) is 5.92 Å². The lowest BCUT2D eigenvalue weighted by Crippen LogP contribution is -2.28. The van der Waals surface area contributed by atoms with Crippen LogP contribution >= 0.6 is 0 Å². The Labute approximate surface area is 134 Å². The average Bonchev–Trinajstić information content (AvgIpc) is 2.47. The van der Waals surface area contributed by atoms with Gasteiger partial charge in [-0.05, 0) is 26.2 Å². The van der Waals surface area contributed by atoms with Crippen molar-refractivity contribution in [1.29, 1.82) is 0 Å². The summed E-state index contributed by atoms with van der Waals surface area (Å²) in [6.07, 6.45) is 4.63. The SMILES string of the molecule is C=C(C)C(=O)OCC(CC(CC)CCCC)OC(=O)C(=C)C. The predicted molar refractivity (Wildman–Crippen MR) is 88.4 cm³/mol. The van der Waals surface area contributed by atoms with E-state index < -0.39 is 18.0 Å². The van der Waals surface area contributed by atoms with Gasteiger partial charge in [-0.25, -0.2) is 9.59 Å². The first-order valence-electron chi connectivity index (χ1n) is 8.00. The van der Waals surface area contributed by atoms with Crippen LogP contribution < -0.4 is 0 Å². The molecule has 22 heavy (non-hydrogen) atoms. The van der Waals surface area contributed by atoms with Crippen molar-refractivity contribution < 1.29 is 19.1 Å². The molecular formula is C18H30O4. The van der Waals surface area contributed by atoms with Gasteiger partial charge in [0.2, 0.25) is 0 Å². The smallest absolute Gasteiger partial charge is 0.333 e. The highest BCUT2D eigenvalue weighted by atomic mass is 16.6. The van der Waals surface area contributed by atoms with Gasteiger partial charge in [-0.3, -0.25) is 0 Å². The lowest BCUT2D eigenvalue weighted by Gasteiger charge is -2.23. The van der Waals surface area contributed by atoms with Crippen LogP contribution in [-0.2, 0) is 19.1 Å². The van der Waals surface area contributed by atoms with Gasteiger partial charge < -0.3 is 9.47 Å². The van der Waals surface area contributed by atoms with Gasteiger partial charge in [0.05, 0.1) is 0 Å². The zero-order valence-electron chi connectivity index (χ0n) is 14.4. The van der Waals surface area contributed by atoms with Crippen molar-refractivity contribution in [3.8, 4) is 0 Å². The first-order chi connectivity index (χ1) is 10.3. The van der Waals surface area contributed by atoms with Crippen LogP contribution in [0.3, 0.4) is 0 Å². The third-order valence-electron chi connectivity index (χ3n) is 3.51. The third-order valence-corrected chi connectivity index (χ3v) is 3.51. The van der Waals surface area contributed by atoms with Crippen molar-refractivity contribution in [2.24, 2.45) is 5.92 Å². The van der Waals surface area contributed by atoms with Crippen LogP contribution in [0.15, 0.2) is 24.3 Å². The van der Waals surface area contributed by atoms with Crippen LogP contribution in [0.25, 0.3) is 0 Å². The molecule has 0 saturated heterocycles. The Hall–Kier alpha value is -1.58. The first-order valence-corrected chi connectivity index (χ1v) is 8.00. The molecule has 0 spiro atoms. The summed E-state index contributed by atoms with van der Waals surface area (Å²) in [5, 5.41) is 0. The van der Waals surface area contributed by atoms with Crippen molar-refractivity contribution >= 4 is 11.9 Å². The predicted octanol–water partition coefficient (Wildman–Crippen LogP) is 4.20. The number of hydrogen-bond donors (Lipinski definition) is 0. The summed E-state index contributed by atoms with van der Waals surface area (Å²) in [4.78, 5) is 23.3. The molecule has 0 fully saturated rings. The lowest BCUT2D eigenvalue weighted by molar-refractivity contribution is -0.155. The summed E-state index contributed by atoms with van der Waals surface area (Å²) >= 11 is 0. The molecule has 0 heterocycles. The molecule has 0 amide bonds. The summed E-state index contributed by atoms with van der Waals surface area (Å²) in [6, 6.07) is 0. The number of carbonyl (C=O) groups excluding carboxylic acids is 2. The molecule has 0 aromatic carbocycles. The highest BCUT2D eigenvalue weighted by molar-refractivity contribution is 5.87. The largest absolute Gasteiger partial charge is 0.458 e. The van der Waals surface area contributed by atoms with E-state index in [1.165, 1.54) is 0 Å². The maximum absolute atomic E-state index is 11.7. The Morgan fingerprint density at radius 2 is 1.64 bits per heavy atom. The van der Waals surface area contributed by atoms with E-state index in [2.05, 4.69) is 27.0 Å². The van der Waals surface area contributed by atoms with Gasteiger partial charge >= 0.3 is 11.9 Å². The van der Waals surface area contributed by atoms with Crippen molar-refractivity contribution in [1.82, 2.24) is 0 Å². The summed E-state index contributed by atoms with van der Waals surface area (Å²) < 4.78 is 10.6. The minimum Gasteiger partial charge on any atom is -0.458 e. The van der Waals surface area contributed by atoms with Crippen LogP contribution in [0.5, 0.6) is 0 Å². The van der Waals surface area contributed by atoms with Crippen molar-refractivity contribution in [3.05, 3.63) is 24.3 Å². The molecule has 4 heteroatoms. The molecule has 0 aliphatic rings. The summed E-state index contributed by atoms with van der Waals surface area (Å²) in [6.45, 7) is 14.7. The molecule has 0 radical (unpaired) electrons. The monoisotopic (exact) mass is 310 g/mol. The first kappa shape index (κ1) is 20.4. The van der Waals surface area contributed by atoms with Gasteiger partial charge in [0, 0.05) is 11.1 Å². The molecule has 0 aromatic rings. The number of esters is 2. The fourth-order valence-electron chi connectivity index (χ4n) is 2.05. The van der Waals surface area contributed by atoms with E-state index in [-0.39, 0.29) is 6.61 Å². The van der Waals surface area contributed by atoms with Crippen molar-refractivity contribution in [3.63, 3.8) is 0 Å². The topological polar surface area (TPSA) is 52.6 Å². The number of rotatable bonds is 11. The Morgan fingerprint density at radius 3 is 2.09 bits per heavy atom. The third kappa shape index (κ3) is 8.65. The average molecular weight is 310 g/mol.